The molecule has 2 nitrogen and oxygen atoms in total. The van der Waals surface area contributed by atoms with Crippen LogP contribution in [0.1, 0.15) is 22.3 Å². The Morgan fingerprint density at radius 1 is 0.759 bits per heavy atom. The monoisotopic (exact) mass is 424 g/mol. The molecule has 2 aromatic carbocycles. The van der Waals surface area contributed by atoms with E-state index in [1.54, 1.807) is 0 Å². The Kier molecular flexibility index (Phi) is 4.92. The Morgan fingerprint density at radius 3 is 1.76 bits per heavy atom. The molecule has 1 aliphatic rings. The molecule has 0 saturated carbocycles. The summed E-state index contributed by atoms with van der Waals surface area (Å²) >= 11 is 0. The van der Waals surface area contributed by atoms with Crippen molar-refractivity contribution in [2.75, 3.05) is 0 Å². The lowest BCUT2D eigenvalue weighted by molar-refractivity contribution is -0.138. The third-order valence-corrected chi connectivity index (χ3v) is 3.86. The van der Waals surface area contributed by atoms with Crippen LogP contribution in [0.4, 0.5) is 39.4 Å². The van der Waals surface area contributed by atoms with Gasteiger partial charge in [0.1, 0.15) is 5.76 Å². The second-order valence-corrected chi connectivity index (χ2v) is 5.96. The molecule has 0 atom stereocenters. The molecule has 3 rings (SSSR count). The first kappa shape index (κ1) is 20.8. The summed E-state index contributed by atoms with van der Waals surface area (Å²) in [5.74, 6) is -2.86. The fourth-order valence-electron chi connectivity index (χ4n) is 2.61. The van der Waals surface area contributed by atoms with E-state index < -0.39 is 58.9 Å². The Balaban J connectivity index is 2.15. The van der Waals surface area contributed by atoms with E-state index in [1.807, 2.05) is 0 Å². The summed E-state index contributed by atoms with van der Waals surface area (Å²) in [6.45, 7) is 0. The van der Waals surface area contributed by atoms with Gasteiger partial charge >= 0.3 is 19.4 Å². The molecule has 0 saturated heterocycles. The van der Waals surface area contributed by atoms with Gasteiger partial charge in [0, 0.05) is 5.56 Å². The van der Waals surface area contributed by atoms with E-state index in [0.29, 0.717) is 24.3 Å². The Labute approximate surface area is 157 Å². The first-order valence-electron chi connectivity index (χ1n) is 7.82. The minimum atomic E-state index is -5.14. The molecule has 0 bridgehead atoms. The quantitative estimate of drug-likeness (QED) is 0.412. The predicted octanol–water partition coefficient (Wildman–Crippen LogP) is 6.26. The fraction of sp³-hybridized carbons (Fsp3) is 0.118. The van der Waals surface area contributed by atoms with Gasteiger partial charge in [-0.2, -0.15) is 26.3 Å². The molecule has 29 heavy (non-hydrogen) atoms. The zero-order valence-electron chi connectivity index (χ0n) is 14.0. The summed E-state index contributed by atoms with van der Waals surface area (Å²) in [4.78, 5) is 2.74. The summed E-state index contributed by atoms with van der Waals surface area (Å²) in [6.07, 6.45) is -9.67. The van der Waals surface area contributed by atoms with E-state index in [0.717, 1.165) is 24.3 Å². The second kappa shape index (κ2) is 6.85. The molecule has 12 heteroatoms. The van der Waals surface area contributed by atoms with Crippen molar-refractivity contribution in [2.45, 2.75) is 12.4 Å². The standard InChI is InChI=1S/C17H8BF9NO/c19-13-14(9-3-1-5-11(7-9)16(20,21)22)28-18(26,27)29-15(13)10-4-2-6-12(8-10)17(23,24)25/h1-8H/q-1. The minimum Gasteiger partial charge on any atom is -0.641 e. The minimum absolute atomic E-state index is 0.385. The van der Waals surface area contributed by atoms with E-state index in [9.17, 15) is 39.4 Å². The number of hydrogen-bond donors (Lipinski definition) is 0. The lowest BCUT2D eigenvalue weighted by atomic mass is 9.96. The van der Waals surface area contributed by atoms with Gasteiger partial charge in [0.05, 0.1) is 16.8 Å². The number of rotatable bonds is 2. The maximum Gasteiger partial charge on any atom is 0.639 e. The van der Waals surface area contributed by atoms with Gasteiger partial charge in [0.2, 0.25) is 0 Å². The molecular weight excluding hydrogens is 416 g/mol. The molecule has 0 amide bonds. The van der Waals surface area contributed by atoms with E-state index >= 15 is 0 Å². The molecule has 0 fully saturated rings. The number of hydrogen-bond acceptors (Lipinski definition) is 2. The van der Waals surface area contributed by atoms with Gasteiger partial charge in [-0.15, -0.1) is 0 Å². The maximum absolute atomic E-state index is 14.8. The molecule has 0 N–H and O–H groups in total. The van der Waals surface area contributed by atoms with Gasteiger partial charge in [0.25, 0.3) is 0 Å². The summed E-state index contributed by atoms with van der Waals surface area (Å²) in [6, 6.07) is 5.58. The van der Waals surface area contributed by atoms with Crippen molar-refractivity contribution in [3.05, 3.63) is 76.6 Å². The summed E-state index contributed by atoms with van der Waals surface area (Å²) in [5.41, 5.74) is -4.95. The van der Waals surface area contributed by atoms with Crippen LogP contribution in [0, 0.1) is 0 Å². The van der Waals surface area contributed by atoms with Crippen LogP contribution in [-0.4, -0.2) is 12.7 Å². The van der Waals surface area contributed by atoms with Crippen molar-refractivity contribution in [2.24, 2.45) is 4.90 Å². The predicted molar refractivity (Wildman–Crippen MR) is 86.5 cm³/mol. The van der Waals surface area contributed by atoms with Gasteiger partial charge in [-0.05, 0) is 29.8 Å². The SMILES string of the molecule is FC1=C(c2cccc(C(F)(F)F)c2)O[B-](F)(F)N=C1c1cccc(C(F)(F)F)c1. The van der Waals surface area contributed by atoms with Crippen molar-refractivity contribution in [3.8, 4) is 0 Å². The average molecular weight is 424 g/mol. The lowest BCUT2D eigenvalue weighted by Crippen LogP contribution is -2.32. The molecule has 0 radical (unpaired) electrons. The molecule has 0 unspecified atom stereocenters. The van der Waals surface area contributed by atoms with E-state index in [4.69, 9.17) is 0 Å². The highest BCUT2D eigenvalue weighted by molar-refractivity contribution is 6.61. The third-order valence-electron chi connectivity index (χ3n) is 3.86. The zero-order chi connectivity index (χ0) is 21.6. The zero-order valence-corrected chi connectivity index (χ0v) is 14.0. The van der Waals surface area contributed by atoms with Crippen molar-refractivity contribution in [1.82, 2.24) is 0 Å². The highest BCUT2D eigenvalue weighted by Gasteiger charge is 2.38. The van der Waals surface area contributed by atoms with Gasteiger partial charge in [-0.3, -0.25) is 0 Å². The smallest absolute Gasteiger partial charge is 0.639 e. The van der Waals surface area contributed by atoms with Crippen LogP contribution in [0.25, 0.3) is 5.76 Å². The van der Waals surface area contributed by atoms with Gasteiger partial charge < -0.3 is 18.2 Å². The maximum atomic E-state index is 14.8. The second-order valence-electron chi connectivity index (χ2n) is 5.96. The number of benzene rings is 2. The largest absolute Gasteiger partial charge is 0.641 e. The van der Waals surface area contributed by atoms with Crippen LogP contribution >= 0.6 is 0 Å². The number of nitrogens with zero attached hydrogens (tertiary/aromatic N) is 1. The van der Waals surface area contributed by atoms with Crippen LogP contribution in [0.2, 0.25) is 0 Å². The van der Waals surface area contributed by atoms with E-state index in [1.165, 1.54) is 0 Å². The van der Waals surface area contributed by atoms with Gasteiger partial charge in [-0.1, -0.05) is 24.3 Å². The molecular formula is C17H8BF9NO-. The van der Waals surface area contributed by atoms with Gasteiger partial charge in [0.15, 0.2) is 5.83 Å². The van der Waals surface area contributed by atoms with Crippen LogP contribution in [0.3, 0.4) is 0 Å². The number of allylic oxidation sites excluding steroid dienone is 1. The third kappa shape index (κ3) is 4.41. The summed E-state index contributed by atoms with van der Waals surface area (Å²) < 4.78 is 124. The summed E-state index contributed by atoms with van der Waals surface area (Å²) in [5, 5.41) is 0. The fourth-order valence-corrected chi connectivity index (χ4v) is 2.61. The molecule has 0 aromatic heterocycles. The summed E-state index contributed by atoms with van der Waals surface area (Å²) in [7, 11) is -5.14. The first-order chi connectivity index (χ1) is 13.3. The van der Waals surface area contributed by atoms with Crippen LogP contribution in [0.5, 0.6) is 0 Å². The topological polar surface area (TPSA) is 21.6 Å². The molecule has 154 valence electrons. The van der Waals surface area contributed by atoms with Crippen molar-refractivity contribution in [3.63, 3.8) is 0 Å². The van der Waals surface area contributed by atoms with Crippen LogP contribution in [0.15, 0.2) is 59.3 Å². The van der Waals surface area contributed by atoms with Crippen LogP contribution < -0.4 is 0 Å². The molecule has 0 aliphatic carbocycles. The van der Waals surface area contributed by atoms with Crippen molar-refractivity contribution < 1.29 is 44.0 Å². The number of alkyl halides is 6. The Hall–Kier alpha value is -2.92. The van der Waals surface area contributed by atoms with E-state index in [-0.39, 0.29) is 0 Å². The Morgan fingerprint density at radius 2 is 1.24 bits per heavy atom. The normalized spacial score (nSPS) is 17.1. The highest BCUT2D eigenvalue weighted by Crippen LogP contribution is 2.38. The van der Waals surface area contributed by atoms with E-state index in [2.05, 4.69) is 9.56 Å². The van der Waals surface area contributed by atoms with Crippen molar-refractivity contribution >= 4 is 18.5 Å². The first-order valence-corrected chi connectivity index (χ1v) is 7.82. The van der Waals surface area contributed by atoms with Crippen LogP contribution in [-0.2, 0) is 17.0 Å². The van der Waals surface area contributed by atoms with Crippen molar-refractivity contribution in [1.29, 1.82) is 0 Å². The highest BCUT2D eigenvalue weighted by atomic mass is 19.4. The van der Waals surface area contributed by atoms with Gasteiger partial charge in [-0.25, -0.2) is 4.39 Å². The molecule has 1 heterocycles. The lowest BCUT2D eigenvalue weighted by Gasteiger charge is -2.31. The average Bonchev–Trinajstić information content (AvgIpc) is 2.62. The Bertz CT molecular complexity index is 1010. The molecule has 2 aromatic rings. The molecule has 1 aliphatic heterocycles. The molecule has 0 spiro atoms. The number of halogens is 9.